The Bertz CT molecular complexity index is 380. The smallest absolute Gasteiger partial charge is 0.0928 e. The van der Waals surface area contributed by atoms with Gasteiger partial charge in [0.2, 0.25) is 0 Å². The van der Waals surface area contributed by atoms with E-state index in [2.05, 4.69) is 45.2 Å². The van der Waals surface area contributed by atoms with Gasteiger partial charge in [-0.15, -0.1) is 11.3 Å². The van der Waals surface area contributed by atoms with Crippen molar-refractivity contribution in [1.82, 2.24) is 4.98 Å². The van der Waals surface area contributed by atoms with Gasteiger partial charge in [0.15, 0.2) is 0 Å². The maximum absolute atomic E-state index is 4.26. The lowest BCUT2D eigenvalue weighted by atomic mass is 10.1. The molecule has 0 amide bonds. The molecule has 0 saturated carbocycles. The number of aromatic nitrogens is 1. The first-order valence-electron chi connectivity index (χ1n) is 4.47. The Morgan fingerprint density at radius 2 is 1.93 bits per heavy atom. The van der Waals surface area contributed by atoms with E-state index >= 15 is 0 Å². The number of hydrogen-bond donors (Lipinski definition) is 0. The first-order chi connectivity index (χ1) is 6.84. The molecule has 0 fully saturated rings. The van der Waals surface area contributed by atoms with Gasteiger partial charge in [-0.2, -0.15) is 0 Å². The third-order valence-corrected chi connectivity index (χ3v) is 3.39. The van der Waals surface area contributed by atoms with Crippen LogP contribution in [-0.2, 0) is 12.8 Å². The van der Waals surface area contributed by atoms with Crippen LogP contribution in [0.2, 0.25) is 0 Å². The second-order valence-electron chi connectivity index (χ2n) is 3.05. The van der Waals surface area contributed by atoms with Crippen LogP contribution >= 0.6 is 27.3 Å². The van der Waals surface area contributed by atoms with Gasteiger partial charge < -0.3 is 0 Å². The molecule has 3 heteroatoms. The highest BCUT2D eigenvalue weighted by molar-refractivity contribution is 9.10. The van der Waals surface area contributed by atoms with Crippen molar-refractivity contribution in [2.75, 3.05) is 0 Å². The molecule has 0 spiro atoms. The van der Waals surface area contributed by atoms with E-state index < -0.39 is 0 Å². The number of thiazole rings is 1. The SMILES string of the molecule is Brc1ccc(CCc2nccs2)cc1. The topological polar surface area (TPSA) is 12.9 Å². The summed E-state index contributed by atoms with van der Waals surface area (Å²) in [5.74, 6) is 0. The van der Waals surface area contributed by atoms with Crippen molar-refractivity contribution < 1.29 is 0 Å². The predicted molar refractivity (Wildman–Crippen MR) is 63.7 cm³/mol. The maximum Gasteiger partial charge on any atom is 0.0928 e. The summed E-state index contributed by atoms with van der Waals surface area (Å²) in [5.41, 5.74) is 1.36. The van der Waals surface area contributed by atoms with Crippen LogP contribution in [0.4, 0.5) is 0 Å². The van der Waals surface area contributed by atoms with Crippen LogP contribution in [0.3, 0.4) is 0 Å². The summed E-state index contributed by atoms with van der Waals surface area (Å²) in [6.45, 7) is 0. The zero-order valence-corrected chi connectivity index (χ0v) is 10.0. The summed E-state index contributed by atoms with van der Waals surface area (Å²) in [6.07, 6.45) is 3.97. The Morgan fingerprint density at radius 3 is 2.57 bits per heavy atom. The molecule has 1 heterocycles. The van der Waals surface area contributed by atoms with Crippen molar-refractivity contribution in [2.24, 2.45) is 0 Å². The van der Waals surface area contributed by atoms with E-state index in [1.165, 1.54) is 10.6 Å². The molecule has 0 aliphatic heterocycles. The largest absolute Gasteiger partial charge is 0.250 e. The highest BCUT2D eigenvalue weighted by Gasteiger charge is 1.97. The Kier molecular flexibility index (Phi) is 3.32. The summed E-state index contributed by atoms with van der Waals surface area (Å²) < 4.78 is 1.13. The second-order valence-corrected chi connectivity index (χ2v) is 4.95. The number of hydrogen-bond acceptors (Lipinski definition) is 2. The molecule has 0 bridgehead atoms. The Labute approximate surface area is 95.9 Å². The highest BCUT2D eigenvalue weighted by atomic mass is 79.9. The van der Waals surface area contributed by atoms with Gasteiger partial charge in [-0.25, -0.2) is 4.98 Å². The van der Waals surface area contributed by atoms with Crippen LogP contribution < -0.4 is 0 Å². The van der Waals surface area contributed by atoms with Gasteiger partial charge in [-0.3, -0.25) is 0 Å². The average Bonchev–Trinajstić information content (AvgIpc) is 2.70. The van der Waals surface area contributed by atoms with Crippen LogP contribution in [0, 0.1) is 0 Å². The van der Waals surface area contributed by atoms with Gasteiger partial charge in [0.05, 0.1) is 5.01 Å². The normalized spacial score (nSPS) is 10.4. The third-order valence-electron chi connectivity index (χ3n) is 2.02. The molecular formula is C11H10BrNS. The van der Waals surface area contributed by atoms with E-state index in [0.717, 1.165) is 17.3 Å². The van der Waals surface area contributed by atoms with Crippen molar-refractivity contribution in [3.63, 3.8) is 0 Å². The Hall–Kier alpha value is -0.670. The first-order valence-corrected chi connectivity index (χ1v) is 6.15. The van der Waals surface area contributed by atoms with Gasteiger partial charge in [0.25, 0.3) is 0 Å². The lowest BCUT2D eigenvalue weighted by Crippen LogP contribution is -1.89. The van der Waals surface area contributed by atoms with Crippen LogP contribution in [0.15, 0.2) is 40.3 Å². The summed E-state index contributed by atoms with van der Waals surface area (Å²) >= 11 is 5.15. The van der Waals surface area contributed by atoms with Crippen LogP contribution in [-0.4, -0.2) is 4.98 Å². The van der Waals surface area contributed by atoms with Crippen molar-refractivity contribution in [1.29, 1.82) is 0 Å². The number of aryl methyl sites for hydroxylation is 2. The number of halogens is 1. The van der Waals surface area contributed by atoms with E-state index in [4.69, 9.17) is 0 Å². The van der Waals surface area contributed by atoms with Crippen LogP contribution in [0.1, 0.15) is 10.6 Å². The fraction of sp³-hybridized carbons (Fsp3) is 0.182. The minimum Gasteiger partial charge on any atom is -0.250 e. The molecule has 0 atom stereocenters. The maximum atomic E-state index is 4.26. The van der Waals surface area contributed by atoms with Crippen molar-refractivity contribution in [3.8, 4) is 0 Å². The lowest BCUT2D eigenvalue weighted by Gasteiger charge is -1.98. The lowest BCUT2D eigenvalue weighted by molar-refractivity contribution is 0.944. The highest BCUT2D eigenvalue weighted by Crippen LogP contribution is 2.13. The molecule has 0 aliphatic carbocycles. The summed E-state index contributed by atoms with van der Waals surface area (Å²) in [6, 6.07) is 8.46. The summed E-state index contributed by atoms with van der Waals surface area (Å²) in [4.78, 5) is 4.26. The molecule has 1 nitrogen and oxygen atoms in total. The van der Waals surface area contributed by atoms with Crippen molar-refractivity contribution in [3.05, 3.63) is 50.9 Å². The number of nitrogens with zero attached hydrogens (tertiary/aromatic N) is 1. The quantitative estimate of drug-likeness (QED) is 0.827. The molecule has 0 N–H and O–H groups in total. The Balaban J connectivity index is 1.95. The molecule has 14 heavy (non-hydrogen) atoms. The van der Waals surface area contributed by atoms with Gasteiger partial charge in [-0.05, 0) is 24.1 Å². The average molecular weight is 268 g/mol. The molecular weight excluding hydrogens is 258 g/mol. The third kappa shape index (κ3) is 2.66. The molecule has 72 valence electrons. The number of rotatable bonds is 3. The van der Waals surface area contributed by atoms with Crippen molar-refractivity contribution >= 4 is 27.3 Å². The zero-order chi connectivity index (χ0) is 9.80. The minimum absolute atomic E-state index is 1.04. The molecule has 0 aliphatic rings. The van der Waals surface area contributed by atoms with E-state index in [1.54, 1.807) is 11.3 Å². The van der Waals surface area contributed by atoms with Gasteiger partial charge in [0, 0.05) is 22.5 Å². The van der Waals surface area contributed by atoms with Gasteiger partial charge in [-0.1, -0.05) is 28.1 Å². The fourth-order valence-corrected chi connectivity index (χ4v) is 2.16. The van der Waals surface area contributed by atoms with E-state index in [9.17, 15) is 0 Å². The molecule has 0 radical (unpaired) electrons. The standard InChI is InChI=1S/C11H10BrNS/c12-10-4-1-9(2-5-10)3-6-11-13-7-8-14-11/h1-2,4-5,7-8H,3,6H2. The van der Waals surface area contributed by atoms with Gasteiger partial charge in [0.1, 0.15) is 0 Å². The molecule has 1 aromatic heterocycles. The van der Waals surface area contributed by atoms with Crippen LogP contribution in [0.5, 0.6) is 0 Å². The van der Waals surface area contributed by atoms with Crippen molar-refractivity contribution in [2.45, 2.75) is 12.8 Å². The minimum atomic E-state index is 1.04. The van der Waals surface area contributed by atoms with E-state index in [1.807, 2.05) is 11.6 Å². The zero-order valence-electron chi connectivity index (χ0n) is 7.61. The molecule has 1 aromatic carbocycles. The fourth-order valence-electron chi connectivity index (χ4n) is 1.28. The predicted octanol–water partition coefficient (Wildman–Crippen LogP) is 3.69. The molecule has 2 aromatic rings. The molecule has 0 unspecified atom stereocenters. The second kappa shape index (κ2) is 4.71. The van der Waals surface area contributed by atoms with Gasteiger partial charge >= 0.3 is 0 Å². The summed E-state index contributed by atoms with van der Waals surface area (Å²) in [5, 5.41) is 3.24. The summed E-state index contributed by atoms with van der Waals surface area (Å²) in [7, 11) is 0. The Morgan fingerprint density at radius 1 is 1.14 bits per heavy atom. The monoisotopic (exact) mass is 267 g/mol. The van der Waals surface area contributed by atoms with E-state index in [0.29, 0.717) is 0 Å². The van der Waals surface area contributed by atoms with E-state index in [-0.39, 0.29) is 0 Å². The number of benzene rings is 1. The first kappa shape index (κ1) is 9.87. The van der Waals surface area contributed by atoms with Crippen LogP contribution in [0.25, 0.3) is 0 Å². The molecule has 0 saturated heterocycles. The molecule has 2 rings (SSSR count).